The molecule has 0 aliphatic carbocycles. The fourth-order valence-electron chi connectivity index (χ4n) is 3.74. The Balaban J connectivity index is 2.18. The summed E-state index contributed by atoms with van der Waals surface area (Å²) in [5.74, 6) is -0.743. The highest BCUT2D eigenvalue weighted by Crippen LogP contribution is 2.30. The lowest BCUT2D eigenvalue weighted by molar-refractivity contribution is -0.153. The Morgan fingerprint density at radius 2 is 2.00 bits per heavy atom. The summed E-state index contributed by atoms with van der Waals surface area (Å²) in [7, 11) is 1.40. The van der Waals surface area contributed by atoms with E-state index in [1.807, 2.05) is 6.92 Å². The zero-order chi connectivity index (χ0) is 22.3. The number of hydrogen-bond acceptors (Lipinski definition) is 7. The first-order valence-corrected chi connectivity index (χ1v) is 10.5. The first-order valence-electron chi connectivity index (χ1n) is 10.5. The van der Waals surface area contributed by atoms with Gasteiger partial charge in [-0.3, -0.25) is 9.59 Å². The van der Waals surface area contributed by atoms with Gasteiger partial charge >= 0.3 is 11.9 Å². The maximum atomic E-state index is 12.9. The third-order valence-electron chi connectivity index (χ3n) is 5.20. The van der Waals surface area contributed by atoms with E-state index in [2.05, 4.69) is 24.1 Å². The standard InChI is InChI=1S/C22H32N2O6/c1-13(2)12-16-8-6-7-9-17(22(27)29-14(16)3)24-21(26)19-20(30-15(4)25)18(28-5)10-11-23-19/h10-11,13-14,16-17H,6-9,12H2,1-5H3,(H,24,26)/t14-,16-,17-/m0/s1. The molecule has 2 heterocycles. The van der Waals surface area contributed by atoms with Crippen molar-refractivity contribution < 1.29 is 28.6 Å². The molecule has 1 aliphatic heterocycles. The summed E-state index contributed by atoms with van der Waals surface area (Å²) in [5, 5.41) is 2.70. The predicted molar refractivity (Wildman–Crippen MR) is 110 cm³/mol. The molecule has 0 bridgehead atoms. The molecule has 0 saturated carbocycles. The molecule has 0 aromatic carbocycles. The lowest BCUT2D eigenvalue weighted by Crippen LogP contribution is -2.43. The second-order valence-electron chi connectivity index (χ2n) is 8.13. The quantitative estimate of drug-likeness (QED) is 0.704. The minimum atomic E-state index is -0.795. The maximum absolute atomic E-state index is 12.9. The van der Waals surface area contributed by atoms with Gasteiger partial charge in [-0.25, -0.2) is 9.78 Å². The molecule has 1 N–H and O–H groups in total. The van der Waals surface area contributed by atoms with Crippen LogP contribution in [0.4, 0.5) is 0 Å². The van der Waals surface area contributed by atoms with Crippen molar-refractivity contribution in [3.63, 3.8) is 0 Å². The molecule has 0 spiro atoms. The van der Waals surface area contributed by atoms with Gasteiger partial charge in [-0.2, -0.15) is 0 Å². The number of ether oxygens (including phenoxy) is 3. The summed E-state index contributed by atoms with van der Waals surface area (Å²) in [4.78, 5) is 41.1. The predicted octanol–water partition coefficient (Wildman–Crippen LogP) is 3.28. The largest absolute Gasteiger partial charge is 0.493 e. The molecule has 1 aromatic rings. The molecule has 1 saturated heterocycles. The topological polar surface area (TPSA) is 104 Å². The molecule has 8 heteroatoms. The normalized spacial score (nSPS) is 22.3. The van der Waals surface area contributed by atoms with Crippen molar-refractivity contribution >= 4 is 17.8 Å². The van der Waals surface area contributed by atoms with Crippen molar-refractivity contribution in [2.75, 3.05) is 7.11 Å². The van der Waals surface area contributed by atoms with Crippen molar-refractivity contribution in [2.24, 2.45) is 11.8 Å². The van der Waals surface area contributed by atoms with Gasteiger partial charge in [-0.1, -0.05) is 26.7 Å². The molecule has 0 radical (unpaired) electrons. The van der Waals surface area contributed by atoms with Gasteiger partial charge in [0.05, 0.1) is 7.11 Å². The fraction of sp³-hybridized carbons (Fsp3) is 0.636. The van der Waals surface area contributed by atoms with E-state index < -0.39 is 23.9 Å². The Kier molecular flexibility index (Phi) is 8.62. The average molecular weight is 421 g/mol. The summed E-state index contributed by atoms with van der Waals surface area (Å²) >= 11 is 0. The van der Waals surface area contributed by atoms with Gasteiger partial charge in [0, 0.05) is 19.2 Å². The zero-order valence-corrected chi connectivity index (χ0v) is 18.4. The molecule has 8 nitrogen and oxygen atoms in total. The highest BCUT2D eigenvalue weighted by molar-refractivity contribution is 5.98. The third kappa shape index (κ3) is 6.43. The number of nitrogens with zero attached hydrogens (tertiary/aromatic N) is 1. The zero-order valence-electron chi connectivity index (χ0n) is 18.4. The Hall–Kier alpha value is -2.64. The molecular formula is C22H32N2O6. The summed E-state index contributed by atoms with van der Waals surface area (Å²) < 4.78 is 16.0. The molecule has 1 aliphatic rings. The summed E-state index contributed by atoms with van der Waals surface area (Å²) in [6, 6.07) is 0.691. The molecule has 2 rings (SSSR count). The van der Waals surface area contributed by atoms with Crippen LogP contribution in [0.2, 0.25) is 0 Å². The number of rotatable bonds is 6. The summed E-state index contributed by atoms with van der Waals surface area (Å²) in [6.45, 7) is 7.45. The second kappa shape index (κ2) is 10.9. The molecule has 30 heavy (non-hydrogen) atoms. The summed E-state index contributed by atoms with van der Waals surface area (Å²) in [6.07, 6.45) is 5.36. The Bertz CT molecular complexity index is 764. The van der Waals surface area contributed by atoms with E-state index in [0.717, 1.165) is 25.7 Å². The minimum absolute atomic E-state index is 0.0770. The van der Waals surface area contributed by atoms with Gasteiger partial charge in [0.25, 0.3) is 5.91 Å². The van der Waals surface area contributed by atoms with Crippen LogP contribution in [0, 0.1) is 11.8 Å². The SMILES string of the molecule is COc1ccnc(C(=O)N[C@H]2CCCC[C@@H](CC(C)C)[C@H](C)OC2=O)c1OC(C)=O. The number of carbonyl (C=O) groups is 3. The highest BCUT2D eigenvalue weighted by Gasteiger charge is 2.31. The second-order valence-corrected chi connectivity index (χ2v) is 8.13. The van der Waals surface area contributed by atoms with Crippen LogP contribution < -0.4 is 14.8 Å². The van der Waals surface area contributed by atoms with E-state index in [9.17, 15) is 14.4 Å². The molecular weight excluding hydrogens is 388 g/mol. The molecule has 1 aromatic heterocycles. The lowest BCUT2D eigenvalue weighted by atomic mass is 9.88. The number of nitrogens with one attached hydrogen (secondary N) is 1. The van der Waals surface area contributed by atoms with E-state index in [4.69, 9.17) is 14.2 Å². The Morgan fingerprint density at radius 3 is 2.63 bits per heavy atom. The van der Waals surface area contributed by atoms with Crippen molar-refractivity contribution in [3.05, 3.63) is 18.0 Å². The minimum Gasteiger partial charge on any atom is -0.493 e. The van der Waals surface area contributed by atoms with Crippen molar-refractivity contribution in [2.45, 2.75) is 71.9 Å². The third-order valence-corrected chi connectivity index (χ3v) is 5.20. The average Bonchev–Trinajstić information content (AvgIpc) is 2.73. The monoisotopic (exact) mass is 420 g/mol. The van der Waals surface area contributed by atoms with Gasteiger partial charge in [0.1, 0.15) is 12.1 Å². The van der Waals surface area contributed by atoms with Gasteiger partial charge in [0.2, 0.25) is 5.75 Å². The lowest BCUT2D eigenvalue weighted by Gasteiger charge is -2.25. The van der Waals surface area contributed by atoms with Crippen LogP contribution in [-0.4, -0.2) is 42.1 Å². The number of hydrogen-bond donors (Lipinski definition) is 1. The number of esters is 2. The number of pyridine rings is 1. The van der Waals surface area contributed by atoms with E-state index >= 15 is 0 Å². The molecule has 1 fully saturated rings. The van der Waals surface area contributed by atoms with Crippen LogP contribution in [0.15, 0.2) is 12.3 Å². The fourth-order valence-corrected chi connectivity index (χ4v) is 3.74. The van der Waals surface area contributed by atoms with Gasteiger partial charge in [0.15, 0.2) is 11.4 Å². The van der Waals surface area contributed by atoms with E-state index in [1.165, 1.54) is 26.3 Å². The first-order chi connectivity index (χ1) is 14.2. The van der Waals surface area contributed by atoms with Gasteiger partial charge < -0.3 is 19.5 Å². The van der Waals surface area contributed by atoms with Crippen LogP contribution in [0.25, 0.3) is 0 Å². The van der Waals surface area contributed by atoms with E-state index in [-0.39, 0.29) is 23.3 Å². The van der Waals surface area contributed by atoms with Crippen LogP contribution in [0.1, 0.15) is 70.3 Å². The number of methoxy groups -OCH3 is 1. The summed E-state index contributed by atoms with van der Waals surface area (Å²) in [5.41, 5.74) is -0.122. The number of aromatic nitrogens is 1. The molecule has 0 unspecified atom stereocenters. The van der Waals surface area contributed by atoms with E-state index in [0.29, 0.717) is 18.3 Å². The molecule has 166 valence electrons. The molecule has 3 atom stereocenters. The van der Waals surface area contributed by atoms with Crippen molar-refractivity contribution in [3.8, 4) is 11.5 Å². The number of cyclic esters (lactones) is 1. The van der Waals surface area contributed by atoms with Gasteiger partial charge in [-0.15, -0.1) is 0 Å². The molecule has 1 amide bonds. The van der Waals surface area contributed by atoms with Crippen LogP contribution in [0.5, 0.6) is 11.5 Å². The number of amides is 1. The van der Waals surface area contributed by atoms with Crippen LogP contribution in [0.3, 0.4) is 0 Å². The van der Waals surface area contributed by atoms with Crippen molar-refractivity contribution in [1.82, 2.24) is 10.3 Å². The van der Waals surface area contributed by atoms with Crippen molar-refractivity contribution in [1.29, 1.82) is 0 Å². The van der Waals surface area contributed by atoms with Crippen LogP contribution in [-0.2, 0) is 14.3 Å². The smallest absolute Gasteiger partial charge is 0.328 e. The maximum Gasteiger partial charge on any atom is 0.328 e. The van der Waals surface area contributed by atoms with Crippen LogP contribution >= 0.6 is 0 Å². The Labute approximate surface area is 177 Å². The van der Waals surface area contributed by atoms with Gasteiger partial charge in [-0.05, 0) is 38.0 Å². The highest BCUT2D eigenvalue weighted by atomic mass is 16.6. The Morgan fingerprint density at radius 1 is 1.30 bits per heavy atom. The van der Waals surface area contributed by atoms with E-state index in [1.54, 1.807) is 0 Å². The first kappa shape index (κ1) is 23.6. The number of carbonyl (C=O) groups excluding carboxylic acids is 3.